The number of amides is 4. The first-order valence-electron chi connectivity index (χ1n) is 22.3. The molecule has 15 nitrogen and oxygen atoms in total. The molecule has 15 heteroatoms. The molecule has 2 aromatic carbocycles. The normalized spacial score (nSPS) is 13.3. The summed E-state index contributed by atoms with van der Waals surface area (Å²) in [5.41, 5.74) is 6.57. The van der Waals surface area contributed by atoms with Gasteiger partial charge in [0.25, 0.3) is 0 Å². The Labute approximate surface area is 374 Å². The van der Waals surface area contributed by atoms with E-state index in [1.54, 1.807) is 41.5 Å². The number of urea groups is 1. The fourth-order valence-corrected chi connectivity index (χ4v) is 6.62. The van der Waals surface area contributed by atoms with Crippen LogP contribution in [-0.2, 0) is 55.8 Å². The van der Waals surface area contributed by atoms with Gasteiger partial charge in [0.2, 0.25) is 11.8 Å². The van der Waals surface area contributed by atoms with Crippen LogP contribution in [0.1, 0.15) is 136 Å². The van der Waals surface area contributed by atoms with Crippen molar-refractivity contribution >= 4 is 41.5 Å². The van der Waals surface area contributed by atoms with Gasteiger partial charge in [0.1, 0.15) is 23.3 Å². The van der Waals surface area contributed by atoms with Crippen molar-refractivity contribution in [2.45, 2.75) is 173 Å². The van der Waals surface area contributed by atoms with Gasteiger partial charge in [0, 0.05) is 25.8 Å². The second-order valence-corrected chi connectivity index (χ2v) is 17.9. The summed E-state index contributed by atoms with van der Waals surface area (Å²) in [5, 5.41) is 10.9. The van der Waals surface area contributed by atoms with Gasteiger partial charge in [-0.1, -0.05) is 86.3 Å². The first-order valence-corrected chi connectivity index (χ1v) is 22.3. The van der Waals surface area contributed by atoms with Gasteiger partial charge < -0.3 is 41.2 Å². The standard InChI is InChI=1S/C48H73N5O10/c1-47(2,3)62-42(56)30-29-38(45(59)63-48(4,5)6)53-46(60)52-37(44(58)61-7)26-20-21-31-50-41(55)28-19-11-9-8-10-18-27-40(54)39(33-35-24-16-13-17-25-35)51-43(57)36(49)32-34-22-14-12-15-23-34/h12-17,22-25,36-39H,8-11,18-21,26-33,49H2,1-7H3,(H,50,55)(H,51,57)(H2,52,53,60)/t36-,37+,38+,39-/m1/s1. The van der Waals surface area contributed by atoms with Crippen LogP contribution in [0.4, 0.5) is 4.79 Å². The predicted octanol–water partition coefficient (Wildman–Crippen LogP) is 5.93. The van der Waals surface area contributed by atoms with Crippen molar-refractivity contribution in [3.05, 3.63) is 71.8 Å². The minimum Gasteiger partial charge on any atom is -0.467 e. The fraction of sp³-hybridized carbons (Fsp3) is 0.604. The molecule has 63 heavy (non-hydrogen) atoms. The lowest BCUT2D eigenvalue weighted by molar-refractivity contribution is -0.158. The number of carbonyl (C=O) groups excluding carboxylic acids is 7. The lowest BCUT2D eigenvalue weighted by atomic mass is 9.97. The van der Waals surface area contributed by atoms with Gasteiger partial charge in [-0.05, 0) is 104 Å². The van der Waals surface area contributed by atoms with Crippen molar-refractivity contribution in [3.8, 4) is 0 Å². The van der Waals surface area contributed by atoms with Crippen LogP contribution in [-0.4, -0.2) is 90.6 Å². The van der Waals surface area contributed by atoms with Crippen LogP contribution in [0.2, 0.25) is 0 Å². The zero-order chi connectivity index (χ0) is 46.8. The van der Waals surface area contributed by atoms with E-state index in [9.17, 15) is 33.6 Å². The van der Waals surface area contributed by atoms with Crippen LogP contribution in [0.15, 0.2) is 60.7 Å². The number of ketones is 1. The smallest absolute Gasteiger partial charge is 0.329 e. The molecule has 0 spiro atoms. The van der Waals surface area contributed by atoms with E-state index < -0.39 is 59.3 Å². The third kappa shape index (κ3) is 24.8. The minimum atomic E-state index is -1.18. The first-order chi connectivity index (χ1) is 29.8. The molecule has 0 unspecified atom stereocenters. The predicted molar refractivity (Wildman–Crippen MR) is 241 cm³/mol. The number of esters is 3. The number of nitrogens with two attached hydrogens (primary N) is 1. The third-order valence-corrected chi connectivity index (χ3v) is 9.79. The van der Waals surface area contributed by atoms with Gasteiger partial charge in [-0.3, -0.25) is 19.2 Å². The van der Waals surface area contributed by atoms with Crippen molar-refractivity contribution in [1.29, 1.82) is 0 Å². The number of methoxy groups -OCH3 is 1. The van der Waals surface area contributed by atoms with Crippen molar-refractivity contribution in [3.63, 3.8) is 0 Å². The van der Waals surface area contributed by atoms with Crippen LogP contribution in [0, 0.1) is 0 Å². The van der Waals surface area contributed by atoms with Crippen LogP contribution in [0.5, 0.6) is 0 Å². The Balaban J connectivity index is 1.69. The number of carbonyl (C=O) groups is 7. The molecular weight excluding hydrogens is 807 g/mol. The quantitative estimate of drug-likeness (QED) is 0.0383. The number of Topliss-reactive ketones (excluding diaryl/α,β-unsaturated/α-hetero) is 1. The number of rotatable bonds is 28. The Kier molecular flexibility index (Phi) is 24.3. The van der Waals surface area contributed by atoms with Crippen molar-refractivity contribution < 1.29 is 47.8 Å². The molecule has 0 aliphatic carbocycles. The maximum absolute atomic E-state index is 13.3. The van der Waals surface area contributed by atoms with E-state index in [0.717, 1.165) is 43.2 Å². The number of ether oxygens (including phenoxy) is 3. The van der Waals surface area contributed by atoms with E-state index in [0.29, 0.717) is 51.5 Å². The zero-order valence-corrected chi connectivity index (χ0v) is 38.6. The number of hydrogen-bond donors (Lipinski definition) is 5. The average Bonchev–Trinajstić information content (AvgIpc) is 3.21. The van der Waals surface area contributed by atoms with Crippen LogP contribution < -0.4 is 27.0 Å². The highest BCUT2D eigenvalue weighted by Crippen LogP contribution is 2.15. The molecule has 0 heterocycles. The molecule has 4 atom stereocenters. The highest BCUT2D eigenvalue weighted by atomic mass is 16.6. The molecule has 2 rings (SSSR count). The highest BCUT2D eigenvalue weighted by Gasteiger charge is 2.30. The molecule has 0 fully saturated rings. The molecule has 0 bridgehead atoms. The van der Waals surface area contributed by atoms with Gasteiger partial charge in [-0.2, -0.15) is 0 Å². The van der Waals surface area contributed by atoms with E-state index in [-0.39, 0.29) is 36.9 Å². The summed E-state index contributed by atoms with van der Waals surface area (Å²) in [5.74, 6) is -2.37. The van der Waals surface area contributed by atoms with Gasteiger partial charge in [-0.15, -0.1) is 0 Å². The summed E-state index contributed by atoms with van der Waals surface area (Å²) in [6.07, 6.45) is 7.56. The van der Waals surface area contributed by atoms with Gasteiger partial charge >= 0.3 is 23.9 Å². The fourth-order valence-electron chi connectivity index (χ4n) is 6.62. The topological polar surface area (TPSA) is 221 Å². The lowest BCUT2D eigenvalue weighted by Gasteiger charge is -2.26. The summed E-state index contributed by atoms with van der Waals surface area (Å²) in [7, 11) is 1.21. The monoisotopic (exact) mass is 880 g/mol. The summed E-state index contributed by atoms with van der Waals surface area (Å²) in [4.78, 5) is 89.5. The molecule has 2 aromatic rings. The Morgan fingerprint density at radius 2 is 1.10 bits per heavy atom. The number of unbranched alkanes of at least 4 members (excludes halogenated alkanes) is 6. The van der Waals surface area contributed by atoms with E-state index in [2.05, 4.69) is 21.3 Å². The second kappa shape index (κ2) is 28.4. The molecule has 0 aliphatic rings. The maximum atomic E-state index is 13.3. The Morgan fingerprint density at radius 3 is 1.65 bits per heavy atom. The summed E-state index contributed by atoms with van der Waals surface area (Å²) >= 11 is 0. The molecule has 6 N–H and O–H groups in total. The Bertz CT molecular complexity index is 1730. The van der Waals surface area contributed by atoms with Gasteiger partial charge in [-0.25, -0.2) is 14.4 Å². The average molecular weight is 880 g/mol. The van der Waals surface area contributed by atoms with E-state index in [4.69, 9.17) is 19.9 Å². The van der Waals surface area contributed by atoms with Gasteiger partial charge in [0.05, 0.1) is 19.2 Å². The molecule has 0 saturated heterocycles. The molecule has 4 amide bonds. The van der Waals surface area contributed by atoms with Gasteiger partial charge in [0.15, 0.2) is 5.78 Å². The molecular formula is C48H73N5O10. The largest absolute Gasteiger partial charge is 0.467 e. The zero-order valence-electron chi connectivity index (χ0n) is 38.6. The molecule has 0 aliphatic heterocycles. The number of benzene rings is 2. The molecule has 0 aromatic heterocycles. The van der Waals surface area contributed by atoms with E-state index in [1.165, 1.54) is 7.11 Å². The number of nitrogens with one attached hydrogen (secondary N) is 4. The lowest BCUT2D eigenvalue weighted by Crippen LogP contribution is -2.52. The maximum Gasteiger partial charge on any atom is 0.329 e. The van der Waals surface area contributed by atoms with Crippen molar-refractivity contribution in [1.82, 2.24) is 21.3 Å². The van der Waals surface area contributed by atoms with Crippen molar-refractivity contribution in [2.75, 3.05) is 13.7 Å². The third-order valence-electron chi connectivity index (χ3n) is 9.79. The molecule has 0 saturated carbocycles. The SMILES string of the molecule is COC(=O)[C@H](CCCCNC(=O)CCCCCCCCC(=O)[C@@H](Cc1ccccc1)NC(=O)[C@H](N)Cc1ccccc1)NC(=O)N[C@@H](CCC(=O)OC(C)(C)C)C(=O)OC(C)(C)C. The van der Waals surface area contributed by atoms with Crippen LogP contribution in [0.3, 0.4) is 0 Å². The van der Waals surface area contributed by atoms with E-state index >= 15 is 0 Å². The van der Waals surface area contributed by atoms with Crippen molar-refractivity contribution in [2.24, 2.45) is 5.73 Å². The first kappa shape index (κ1) is 53.8. The summed E-state index contributed by atoms with van der Waals surface area (Å²) in [6, 6.07) is 14.7. The van der Waals surface area contributed by atoms with E-state index in [1.807, 2.05) is 60.7 Å². The highest BCUT2D eigenvalue weighted by molar-refractivity contribution is 5.91. The molecule has 0 radical (unpaired) electrons. The summed E-state index contributed by atoms with van der Waals surface area (Å²) < 4.78 is 15.6. The minimum absolute atomic E-state index is 0.0180. The van der Waals surface area contributed by atoms with Crippen LogP contribution in [0.25, 0.3) is 0 Å². The number of hydrogen-bond acceptors (Lipinski definition) is 11. The van der Waals surface area contributed by atoms with Crippen LogP contribution >= 0.6 is 0 Å². The molecule has 350 valence electrons. The Morgan fingerprint density at radius 1 is 0.571 bits per heavy atom. The summed E-state index contributed by atoms with van der Waals surface area (Å²) in [6.45, 7) is 10.6. The Hall–Kier alpha value is -5.31. The second-order valence-electron chi connectivity index (χ2n) is 17.9.